The summed E-state index contributed by atoms with van der Waals surface area (Å²) in [6.07, 6.45) is 1.92. The Bertz CT molecular complexity index is 230. The van der Waals surface area contributed by atoms with Crippen molar-refractivity contribution in [3.05, 3.63) is 0 Å². The highest BCUT2D eigenvalue weighted by Crippen LogP contribution is 2.29. The van der Waals surface area contributed by atoms with Crippen LogP contribution in [0.15, 0.2) is 0 Å². The lowest BCUT2D eigenvalue weighted by molar-refractivity contribution is -0.0264. The molecule has 2 fully saturated rings. The van der Waals surface area contributed by atoms with E-state index >= 15 is 0 Å². The van der Waals surface area contributed by atoms with E-state index in [0.717, 1.165) is 19.0 Å². The van der Waals surface area contributed by atoms with Crippen LogP contribution in [0.25, 0.3) is 0 Å². The summed E-state index contributed by atoms with van der Waals surface area (Å²) in [5.74, 6) is 0.981. The van der Waals surface area contributed by atoms with Gasteiger partial charge in [-0.2, -0.15) is 0 Å². The Morgan fingerprint density at radius 3 is 1.79 bits per heavy atom. The molecule has 0 atom stereocenters. The van der Waals surface area contributed by atoms with Crippen molar-refractivity contribution in [3.63, 3.8) is 0 Å². The summed E-state index contributed by atoms with van der Waals surface area (Å²) in [4.78, 5) is 4.87. The molecule has 2 aliphatic rings. The Morgan fingerprint density at radius 1 is 0.947 bits per heavy atom. The molecule has 0 bridgehead atoms. The highest BCUT2D eigenvalue weighted by atomic mass is 16.5. The Hall–Kier alpha value is -0.120. The Kier molecular flexibility index (Phi) is 6.78. The predicted molar refractivity (Wildman–Crippen MR) is 82.6 cm³/mol. The molecule has 0 saturated carbocycles. The predicted octanol–water partition coefficient (Wildman–Crippen LogP) is 2.71. The van der Waals surface area contributed by atoms with Crippen LogP contribution in [0.4, 0.5) is 0 Å². The van der Waals surface area contributed by atoms with Crippen molar-refractivity contribution in [2.24, 2.45) is 11.3 Å². The average molecular weight is 270 g/mol. The lowest BCUT2D eigenvalue weighted by Crippen LogP contribution is -2.51. The SMILES string of the molecule is CCN1CC(CC(C)(C)C)C1.CCN1CC(OC)C1. The monoisotopic (exact) mass is 270 g/mol. The number of methoxy groups -OCH3 is 1. The van der Waals surface area contributed by atoms with Crippen LogP contribution in [0.2, 0.25) is 0 Å². The number of likely N-dealkylation sites (tertiary alicyclic amines) is 2. The fourth-order valence-electron chi connectivity index (χ4n) is 2.86. The third-order valence-electron chi connectivity index (χ3n) is 4.09. The second-order valence-electron chi connectivity index (χ2n) is 7.19. The van der Waals surface area contributed by atoms with Gasteiger partial charge in [0.25, 0.3) is 0 Å². The van der Waals surface area contributed by atoms with Crippen molar-refractivity contribution in [3.8, 4) is 0 Å². The summed E-state index contributed by atoms with van der Waals surface area (Å²) < 4.78 is 5.08. The maximum absolute atomic E-state index is 5.08. The van der Waals surface area contributed by atoms with Gasteiger partial charge in [0.15, 0.2) is 0 Å². The van der Waals surface area contributed by atoms with Gasteiger partial charge in [-0.15, -0.1) is 0 Å². The molecule has 2 aliphatic heterocycles. The maximum atomic E-state index is 5.08. The van der Waals surface area contributed by atoms with Crippen LogP contribution in [-0.2, 0) is 4.74 Å². The molecular formula is C16H34N2O. The van der Waals surface area contributed by atoms with E-state index in [0.29, 0.717) is 11.5 Å². The third-order valence-corrected chi connectivity index (χ3v) is 4.09. The average Bonchev–Trinajstić information content (AvgIpc) is 2.21. The van der Waals surface area contributed by atoms with Crippen LogP contribution in [0.1, 0.15) is 41.0 Å². The van der Waals surface area contributed by atoms with E-state index in [2.05, 4.69) is 44.4 Å². The van der Waals surface area contributed by atoms with Crippen LogP contribution in [0.5, 0.6) is 0 Å². The van der Waals surface area contributed by atoms with Gasteiger partial charge >= 0.3 is 0 Å². The highest BCUT2D eigenvalue weighted by Gasteiger charge is 2.28. The topological polar surface area (TPSA) is 15.7 Å². The molecule has 2 heterocycles. The first-order valence-corrected chi connectivity index (χ1v) is 7.85. The number of likely N-dealkylation sites (N-methyl/N-ethyl adjacent to an activating group) is 1. The van der Waals surface area contributed by atoms with Gasteiger partial charge in [0.2, 0.25) is 0 Å². The van der Waals surface area contributed by atoms with Gasteiger partial charge < -0.3 is 9.64 Å². The van der Waals surface area contributed by atoms with Crippen LogP contribution in [0.3, 0.4) is 0 Å². The quantitative estimate of drug-likeness (QED) is 0.781. The zero-order chi connectivity index (χ0) is 14.5. The molecule has 3 nitrogen and oxygen atoms in total. The summed E-state index contributed by atoms with van der Waals surface area (Å²) in [5.41, 5.74) is 0.532. The van der Waals surface area contributed by atoms with Gasteiger partial charge in [-0.1, -0.05) is 34.6 Å². The first kappa shape index (κ1) is 16.9. The van der Waals surface area contributed by atoms with E-state index in [-0.39, 0.29) is 0 Å². The van der Waals surface area contributed by atoms with Crippen LogP contribution < -0.4 is 0 Å². The van der Waals surface area contributed by atoms with Crippen molar-refractivity contribution >= 4 is 0 Å². The molecule has 2 rings (SSSR count). The van der Waals surface area contributed by atoms with Crippen molar-refractivity contribution in [2.75, 3.05) is 46.4 Å². The molecular weight excluding hydrogens is 236 g/mol. The summed E-state index contributed by atoms with van der Waals surface area (Å²) in [6, 6.07) is 0. The molecule has 0 N–H and O–H groups in total. The van der Waals surface area contributed by atoms with E-state index in [4.69, 9.17) is 4.74 Å². The standard InChI is InChI=1S/C10H21N.C6H13NO/c1-5-11-7-9(8-11)6-10(2,3)4;1-3-7-4-6(5-7)8-2/h9H,5-8H2,1-4H3;6H,3-5H2,1-2H3. The molecule has 0 aromatic rings. The van der Waals surface area contributed by atoms with E-state index in [1.165, 1.54) is 32.6 Å². The van der Waals surface area contributed by atoms with Gasteiger partial charge in [-0.05, 0) is 30.8 Å². The number of hydrogen-bond acceptors (Lipinski definition) is 3. The smallest absolute Gasteiger partial charge is 0.0824 e. The summed E-state index contributed by atoms with van der Waals surface area (Å²) in [5, 5.41) is 0. The Balaban J connectivity index is 0.000000200. The number of nitrogens with zero attached hydrogens (tertiary/aromatic N) is 2. The van der Waals surface area contributed by atoms with Crippen molar-refractivity contribution in [1.29, 1.82) is 0 Å². The molecule has 0 amide bonds. The summed E-state index contributed by atoms with van der Waals surface area (Å²) >= 11 is 0. The van der Waals surface area contributed by atoms with Crippen LogP contribution >= 0.6 is 0 Å². The molecule has 3 heteroatoms. The lowest BCUT2D eigenvalue weighted by atomic mass is 9.81. The fourth-order valence-corrected chi connectivity index (χ4v) is 2.86. The molecule has 19 heavy (non-hydrogen) atoms. The maximum Gasteiger partial charge on any atom is 0.0824 e. The van der Waals surface area contributed by atoms with Crippen molar-refractivity contribution in [1.82, 2.24) is 9.80 Å². The molecule has 0 spiro atoms. The third kappa shape index (κ3) is 6.24. The fraction of sp³-hybridized carbons (Fsp3) is 1.00. The molecule has 114 valence electrons. The Morgan fingerprint density at radius 2 is 1.42 bits per heavy atom. The first-order valence-electron chi connectivity index (χ1n) is 7.85. The second-order valence-corrected chi connectivity index (χ2v) is 7.19. The number of hydrogen-bond donors (Lipinski definition) is 0. The van der Waals surface area contributed by atoms with E-state index < -0.39 is 0 Å². The largest absolute Gasteiger partial charge is 0.379 e. The molecule has 0 aromatic heterocycles. The van der Waals surface area contributed by atoms with Crippen LogP contribution in [0, 0.1) is 11.3 Å². The summed E-state index contributed by atoms with van der Waals surface area (Å²) in [7, 11) is 1.78. The van der Waals surface area contributed by atoms with Gasteiger partial charge in [-0.25, -0.2) is 0 Å². The van der Waals surface area contributed by atoms with Gasteiger partial charge in [0.1, 0.15) is 0 Å². The molecule has 0 aromatic carbocycles. The van der Waals surface area contributed by atoms with Crippen molar-refractivity contribution in [2.45, 2.75) is 47.1 Å². The van der Waals surface area contributed by atoms with Gasteiger partial charge in [0.05, 0.1) is 6.10 Å². The molecule has 2 saturated heterocycles. The first-order chi connectivity index (χ1) is 8.87. The summed E-state index contributed by atoms with van der Waals surface area (Å²) in [6.45, 7) is 18.8. The lowest BCUT2D eigenvalue weighted by Gasteiger charge is -2.41. The number of rotatable bonds is 4. The molecule has 0 aliphatic carbocycles. The number of ether oxygens (including phenoxy) is 1. The minimum atomic E-state index is 0.523. The molecule has 0 unspecified atom stereocenters. The van der Waals surface area contributed by atoms with Crippen molar-refractivity contribution < 1.29 is 4.74 Å². The van der Waals surface area contributed by atoms with Crippen LogP contribution in [-0.4, -0.2) is 62.3 Å². The zero-order valence-electron chi connectivity index (χ0n) is 13.9. The van der Waals surface area contributed by atoms with Gasteiger partial charge in [0, 0.05) is 33.3 Å². The zero-order valence-corrected chi connectivity index (χ0v) is 13.9. The highest BCUT2D eigenvalue weighted by molar-refractivity contribution is 4.82. The second kappa shape index (κ2) is 7.61. The van der Waals surface area contributed by atoms with Gasteiger partial charge in [-0.3, -0.25) is 4.90 Å². The van der Waals surface area contributed by atoms with E-state index in [9.17, 15) is 0 Å². The van der Waals surface area contributed by atoms with E-state index in [1.807, 2.05) is 0 Å². The normalized spacial score (nSPS) is 22.4. The minimum absolute atomic E-state index is 0.523. The molecule has 0 radical (unpaired) electrons. The Labute approximate surface area is 120 Å². The minimum Gasteiger partial charge on any atom is -0.379 e. The van der Waals surface area contributed by atoms with E-state index in [1.54, 1.807) is 7.11 Å².